The average Bonchev–Trinajstić information content (AvgIpc) is 3.05. The molecule has 3 aromatic heterocycles. The number of benzene rings is 1. The third-order valence-corrected chi connectivity index (χ3v) is 6.25. The molecule has 1 aliphatic heterocycles. The van der Waals surface area contributed by atoms with E-state index in [4.69, 9.17) is 4.98 Å². The van der Waals surface area contributed by atoms with E-state index in [0.29, 0.717) is 17.8 Å². The Morgan fingerprint density at radius 3 is 2.97 bits per heavy atom. The first-order valence-corrected chi connectivity index (χ1v) is 9.62. The minimum atomic E-state index is -0.300. The van der Waals surface area contributed by atoms with E-state index in [1.54, 1.807) is 18.5 Å². The van der Waals surface area contributed by atoms with Gasteiger partial charge in [-0.2, -0.15) is 5.10 Å². The number of nitrogens with one attached hydrogen (secondary N) is 1. The smallest absolute Gasteiger partial charge is 0.324 e. The molecule has 2 fully saturated rings. The minimum absolute atomic E-state index is 0.0705. The Hall–Kier alpha value is -3.33. The van der Waals surface area contributed by atoms with E-state index < -0.39 is 0 Å². The standard InChI is InChI=1S/C20H18FN7O/c1-9-15(6-23-20(25-9)27-8-10-4-12(10)18(27)19(22)29)28-14-3-2-11(21)5-13(14)17-16(28)7-24-26-17/h2-3,5-7,10,12,18H,4,8H2,1H3,(H2,22,29)(H,24,26)/p+1. The van der Waals surface area contributed by atoms with Crippen molar-refractivity contribution in [3.63, 3.8) is 0 Å². The van der Waals surface area contributed by atoms with Crippen LogP contribution < -0.4 is 10.6 Å². The van der Waals surface area contributed by atoms with Crippen LogP contribution in [0.4, 0.5) is 10.3 Å². The highest BCUT2D eigenvalue weighted by molar-refractivity contribution is 6.06. The van der Waals surface area contributed by atoms with Crippen LogP contribution in [-0.2, 0) is 4.79 Å². The molecule has 4 heterocycles. The summed E-state index contributed by atoms with van der Waals surface area (Å²) in [5, 5.41) is 7.82. The molecule has 3 atom stereocenters. The normalized spacial score (nSPS) is 23.1. The van der Waals surface area contributed by atoms with E-state index in [9.17, 15) is 9.18 Å². The van der Waals surface area contributed by atoms with Crippen molar-refractivity contribution in [2.75, 3.05) is 11.4 Å². The van der Waals surface area contributed by atoms with Gasteiger partial charge in [-0.25, -0.2) is 19.2 Å². The van der Waals surface area contributed by atoms with Crippen molar-refractivity contribution in [3.05, 3.63) is 42.1 Å². The second kappa shape index (κ2) is 5.60. The lowest BCUT2D eigenvalue weighted by Crippen LogP contribution is -2.66. The number of aromatic amines is 1. The van der Waals surface area contributed by atoms with Crippen LogP contribution in [0.25, 0.3) is 27.6 Å². The number of piperidine rings is 1. The summed E-state index contributed by atoms with van der Waals surface area (Å²) in [4.78, 5) is 23.3. The number of hydrogen-bond donors (Lipinski definition) is 2. The quantitative estimate of drug-likeness (QED) is 0.547. The van der Waals surface area contributed by atoms with Gasteiger partial charge in [0.05, 0.1) is 40.3 Å². The Bertz CT molecular complexity index is 1310. The first kappa shape index (κ1) is 16.6. The number of fused-ring (bicyclic) bond motifs is 4. The molecular weight excluding hydrogens is 373 g/mol. The van der Waals surface area contributed by atoms with Crippen molar-refractivity contribution in [1.29, 1.82) is 0 Å². The SMILES string of the molecule is Cc1nc(N2CC3CC3C2C([NH3+])=O)ncc1-n1c2ccc(F)cc2c2[nH]ncc21. The number of nitrogens with zero attached hydrogens (tertiary/aromatic N) is 5. The summed E-state index contributed by atoms with van der Waals surface area (Å²) in [5.41, 5.74) is 7.66. The Morgan fingerprint density at radius 2 is 2.17 bits per heavy atom. The molecule has 4 N–H and O–H groups in total. The lowest BCUT2D eigenvalue weighted by Gasteiger charge is -2.24. The number of carbonyl (C=O) groups is 1. The second-order valence-corrected chi connectivity index (χ2v) is 7.99. The van der Waals surface area contributed by atoms with Gasteiger partial charge in [-0.05, 0) is 43.4 Å². The Balaban J connectivity index is 1.49. The number of halogens is 1. The summed E-state index contributed by atoms with van der Waals surface area (Å²) in [6.45, 7) is 2.71. The van der Waals surface area contributed by atoms with Gasteiger partial charge in [0.15, 0.2) is 0 Å². The topological polar surface area (TPSA) is 107 Å². The highest BCUT2D eigenvalue weighted by atomic mass is 19.1. The first-order valence-electron chi connectivity index (χ1n) is 9.62. The Labute approximate surface area is 164 Å². The summed E-state index contributed by atoms with van der Waals surface area (Å²) in [6.07, 6.45) is 4.57. The molecule has 8 nitrogen and oxygen atoms in total. The van der Waals surface area contributed by atoms with Crippen LogP contribution in [0.3, 0.4) is 0 Å². The number of aromatic nitrogens is 5. The van der Waals surface area contributed by atoms with E-state index in [1.807, 2.05) is 16.4 Å². The molecule has 4 aromatic rings. The first-order chi connectivity index (χ1) is 14.0. The van der Waals surface area contributed by atoms with Crippen molar-refractivity contribution in [3.8, 4) is 5.69 Å². The van der Waals surface area contributed by atoms with Crippen molar-refractivity contribution in [1.82, 2.24) is 24.7 Å². The number of hydrogen-bond acceptors (Lipinski definition) is 5. The van der Waals surface area contributed by atoms with Gasteiger partial charge in [-0.15, -0.1) is 0 Å². The van der Waals surface area contributed by atoms with Gasteiger partial charge >= 0.3 is 5.91 Å². The molecule has 1 aromatic carbocycles. The second-order valence-electron chi connectivity index (χ2n) is 7.99. The van der Waals surface area contributed by atoms with Crippen molar-refractivity contribution in [2.45, 2.75) is 19.4 Å². The van der Waals surface area contributed by atoms with Crippen LogP contribution in [0, 0.1) is 24.6 Å². The van der Waals surface area contributed by atoms with Crippen LogP contribution >= 0.6 is 0 Å². The third kappa shape index (κ3) is 2.27. The Morgan fingerprint density at radius 1 is 1.31 bits per heavy atom. The fraction of sp³-hybridized carbons (Fsp3) is 0.300. The van der Waals surface area contributed by atoms with E-state index >= 15 is 0 Å². The average molecular weight is 392 g/mol. The number of carbonyl (C=O) groups excluding carboxylic acids is 1. The van der Waals surface area contributed by atoms with E-state index in [0.717, 1.165) is 46.3 Å². The molecule has 1 saturated carbocycles. The molecule has 3 unspecified atom stereocenters. The van der Waals surface area contributed by atoms with E-state index in [2.05, 4.69) is 20.9 Å². The molecule has 1 saturated heterocycles. The highest BCUT2D eigenvalue weighted by Crippen LogP contribution is 2.50. The molecule has 9 heteroatoms. The summed E-state index contributed by atoms with van der Waals surface area (Å²) < 4.78 is 15.8. The maximum Gasteiger partial charge on any atom is 0.331 e. The van der Waals surface area contributed by atoms with E-state index in [-0.39, 0.29) is 17.8 Å². The van der Waals surface area contributed by atoms with Gasteiger partial charge in [0, 0.05) is 11.9 Å². The van der Waals surface area contributed by atoms with E-state index in [1.165, 1.54) is 12.1 Å². The van der Waals surface area contributed by atoms with Crippen molar-refractivity contribution < 1.29 is 14.9 Å². The zero-order chi connectivity index (χ0) is 19.9. The summed E-state index contributed by atoms with van der Waals surface area (Å²) in [7, 11) is 0. The predicted octanol–water partition coefficient (Wildman–Crippen LogP) is 1.34. The van der Waals surface area contributed by atoms with Gasteiger partial charge in [0.2, 0.25) is 5.95 Å². The zero-order valence-electron chi connectivity index (χ0n) is 15.8. The van der Waals surface area contributed by atoms with Gasteiger partial charge in [-0.1, -0.05) is 0 Å². The molecule has 0 spiro atoms. The summed E-state index contributed by atoms with van der Waals surface area (Å²) in [5.74, 6) is 1.12. The molecule has 146 valence electrons. The maximum atomic E-state index is 13.8. The fourth-order valence-corrected chi connectivity index (χ4v) is 4.83. The molecule has 1 aliphatic carbocycles. The molecule has 0 radical (unpaired) electrons. The molecule has 1 amide bonds. The molecular formula is C20H19FN7O+. The highest BCUT2D eigenvalue weighted by Gasteiger charge is 2.57. The van der Waals surface area contributed by atoms with Crippen molar-refractivity contribution >= 4 is 33.8 Å². The number of rotatable bonds is 3. The molecule has 29 heavy (non-hydrogen) atoms. The molecule has 2 aliphatic rings. The number of amides is 1. The van der Waals surface area contributed by atoms with Gasteiger partial charge in [-0.3, -0.25) is 10.8 Å². The van der Waals surface area contributed by atoms with Gasteiger partial charge in [0.1, 0.15) is 11.9 Å². The number of aryl methyl sites for hydroxylation is 1. The largest absolute Gasteiger partial charge is 0.331 e. The van der Waals surface area contributed by atoms with Gasteiger partial charge < -0.3 is 9.47 Å². The van der Waals surface area contributed by atoms with Gasteiger partial charge in [0.25, 0.3) is 0 Å². The number of anilines is 1. The third-order valence-electron chi connectivity index (χ3n) is 6.25. The fourth-order valence-electron chi connectivity index (χ4n) is 4.83. The lowest BCUT2D eigenvalue weighted by molar-refractivity contribution is -0.307. The van der Waals surface area contributed by atoms with Crippen LogP contribution in [0.15, 0.2) is 30.6 Å². The Kier molecular flexibility index (Phi) is 3.21. The number of H-pyrrole nitrogens is 1. The van der Waals surface area contributed by atoms with Crippen LogP contribution in [0.1, 0.15) is 12.1 Å². The monoisotopic (exact) mass is 392 g/mol. The predicted molar refractivity (Wildman–Crippen MR) is 104 cm³/mol. The maximum absolute atomic E-state index is 13.8. The zero-order valence-corrected chi connectivity index (χ0v) is 15.8. The van der Waals surface area contributed by atoms with Crippen molar-refractivity contribution in [2.24, 2.45) is 11.8 Å². The summed E-state index contributed by atoms with van der Waals surface area (Å²) >= 11 is 0. The molecule has 0 bridgehead atoms. The van der Waals surface area contributed by atoms with Crippen LogP contribution in [0.2, 0.25) is 0 Å². The van der Waals surface area contributed by atoms with Crippen LogP contribution in [0.5, 0.6) is 0 Å². The number of quaternary nitrogens is 1. The minimum Gasteiger partial charge on any atom is -0.324 e. The van der Waals surface area contributed by atoms with Crippen LogP contribution in [-0.4, -0.2) is 43.2 Å². The molecule has 6 rings (SSSR count). The summed E-state index contributed by atoms with van der Waals surface area (Å²) in [6, 6.07) is 4.47. The lowest BCUT2D eigenvalue weighted by atomic mass is 10.2.